The average Bonchev–Trinajstić information content (AvgIpc) is 2.72. The van der Waals surface area contributed by atoms with Gasteiger partial charge in [-0.15, -0.1) is 0 Å². The predicted octanol–water partition coefficient (Wildman–Crippen LogP) is 7.77. The van der Waals surface area contributed by atoms with Crippen molar-refractivity contribution in [3.63, 3.8) is 0 Å². The van der Waals surface area contributed by atoms with E-state index in [0.29, 0.717) is 38.4 Å². The molecule has 0 saturated carbocycles. The molecule has 1 unspecified atom stereocenters. The van der Waals surface area contributed by atoms with E-state index >= 15 is 0 Å². The molecule has 4 nitrogen and oxygen atoms in total. The maximum atomic E-state index is 11.7. The molecule has 0 amide bonds. The SMILES string of the molecule is CCCCCCCCCCCCCCCOC(=O)CCCC(=O)OCC(C)CCC. The average molecular weight is 427 g/mol. The first-order valence-corrected chi connectivity index (χ1v) is 12.9. The van der Waals surface area contributed by atoms with Gasteiger partial charge in [0, 0.05) is 12.8 Å². The third kappa shape index (κ3) is 21.6. The van der Waals surface area contributed by atoms with Gasteiger partial charge in [-0.25, -0.2) is 0 Å². The summed E-state index contributed by atoms with van der Waals surface area (Å²) in [5.74, 6) is 0.00701. The summed E-state index contributed by atoms with van der Waals surface area (Å²) in [5.41, 5.74) is 0. The molecule has 0 aliphatic heterocycles. The zero-order valence-electron chi connectivity index (χ0n) is 20.4. The van der Waals surface area contributed by atoms with Crippen LogP contribution in [0.3, 0.4) is 0 Å². The van der Waals surface area contributed by atoms with E-state index in [2.05, 4.69) is 20.8 Å². The molecule has 4 heteroatoms. The minimum atomic E-state index is -0.206. The van der Waals surface area contributed by atoms with Gasteiger partial charge in [0.15, 0.2) is 0 Å². The molecule has 0 aliphatic rings. The van der Waals surface area contributed by atoms with Crippen molar-refractivity contribution in [3.05, 3.63) is 0 Å². The second-order valence-electron chi connectivity index (χ2n) is 8.89. The number of unbranched alkanes of at least 4 members (excludes halogenated alkanes) is 12. The Morgan fingerprint density at radius 2 is 1.07 bits per heavy atom. The lowest BCUT2D eigenvalue weighted by Crippen LogP contribution is -2.12. The second-order valence-corrected chi connectivity index (χ2v) is 8.89. The van der Waals surface area contributed by atoms with Crippen molar-refractivity contribution in [2.75, 3.05) is 13.2 Å². The van der Waals surface area contributed by atoms with Gasteiger partial charge in [0.05, 0.1) is 13.2 Å². The molecular formula is C26H50O4. The normalized spacial score (nSPS) is 12.0. The number of carbonyl (C=O) groups excluding carboxylic acids is 2. The minimum Gasteiger partial charge on any atom is -0.466 e. The molecule has 0 heterocycles. The van der Waals surface area contributed by atoms with Crippen molar-refractivity contribution in [2.24, 2.45) is 5.92 Å². The second kappa shape index (κ2) is 22.6. The largest absolute Gasteiger partial charge is 0.466 e. The standard InChI is InChI=1S/C26H50O4/c1-4-6-7-8-9-10-11-12-13-14-15-16-17-22-29-25(27)20-18-21-26(28)30-23-24(3)19-5-2/h24H,4-23H2,1-3H3. The fraction of sp³-hybridized carbons (Fsp3) is 0.923. The molecule has 0 aromatic carbocycles. The van der Waals surface area contributed by atoms with Gasteiger partial charge < -0.3 is 9.47 Å². The van der Waals surface area contributed by atoms with Crippen molar-refractivity contribution in [3.8, 4) is 0 Å². The summed E-state index contributed by atoms with van der Waals surface area (Å²) >= 11 is 0. The van der Waals surface area contributed by atoms with Crippen LogP contribution in [0.2, 0.25) is 0 Å². The Morgan fingerprint density at radius 3 is 1.57 bits per heavy atom. The summed E-state index contributed by atoms with van der Waals surface area (Å²) in [6.07, 6.45) is 20.3. The van der Waals surface area contributed by atoms with Crippen molar-refractivity contribution >= 4 is 11.9 Å². The van der Waals surface area contributed by atoms with Gasteiger partial charge in [0.2, 0.25) is 0 Å². The minimum absolute atomic E-state index is 0.193. The van der Waals surface area contributed by atoms with Gasteiger partial charge in [-0.1, -0.05) is 104 Å². The zero-order chi connectivity index (χ0) is 22.3. The summed E-state index contributed by atoms with van der Waals surface area (Å²) in [7, 11) is 0. The Morgan fingerprint density at radius 1 is 0.600 bits per heavy atom. The van der Waals surface area contributed by atoms with E-state index in [-0.39, 0.29) is 11.9 Å². The highest BCUT2D eigenvalue weighted by Crippen LogP contribution is 2.12. The lowest BCUT2D eigenvalue weighted by Gasteiger charge is -2.10. The lowest BCUT2D eigenvalue weighted by molar-refractivity contribution is -0.146. The Hall–Kier alpha value is -1.06. The maximum absolute atomic E-state index is 11.7. The Balaban J connectivity index is 3.31. The van der Waals surface area contributed by atoms with Crippen molar-refractivity contribution in [1.82, 2.24) is 0 Å². The first-order valence-electron chi connectivity index (χ1n) is 12.9. The molecule has 1 atom stereocenters. The van der Waals surface area contributed by atoms with Gasteiger partial charge in [0.1, 0.15) is 0 Å². The smallest absolute Gasteiger partial charge is 0.305 e. The molecule has 0 fully saturated rings. The van der Waals surface area contributed by atoms with Crippen LogP contribution in [0.25, 0.3) is 0 Å². The van der Waals surface area contributed by atoms with E-state index in [1.165, 1.54) is 70.6 Å². The van der Waals surface area contributed by atoms with Crippen molar-refractivity contribution in [2.45, 2.75) is 136 Å². The zero-order valence-corrected chi connectivity index (χ0v) is 20.4. The number of hydrogen-bond acceptors (Lipinski definition) is 4. The highest BCUT2D eigenvalue weighted by Gasteiger charge is 2.09. The number of carbonyl (C=O) groups is 2. The van der Waals surface area contributed by atoms with Crippen LogP contribution in [-0.4, -0.2) is 25.2 Å². The van der Waals surface area contributed by atoms with Crippen LogP contribution in [0.1, 0.15) is 136 Å². The number of hydrogen-bond donors (Lipinski definition) is 0. The highest BCUT2D eigenvalue weighted by atomic mass is 16.5. The summed E-state index contributed by atoms with van der Waals surface area (Å²) in [4.78, 5) is 23.4. The molecule has 0 spiro atoms. The summed E-state index contributed by atoms with van der Waals surface area (Å²) in [6, 6.07) is 0. The van der Waals surface area contributed by atoms with E-state index in [0.717, 1.165) is 25.7 Å². The third-order valence-corrected chi connectivity index (χ3v) is 5.58. The molecule has 0 N–H and O–H groups in total. The Labute approximate surface area is 186 Å². The van der Waals surface area contributed by atoms with E-state index in [9.17, 15) is 9.59 Å². The van der Waals surface area contributed by atoms with Crippen LogP contribution in [-0.2, 0) is 19.1 Å². The van der Waals surface area contributed by atoms with Crippen molar-refractivity contribution < 1.29 is 19.1 Å². The topological polar surface area (TPSA) is 52.6 Å². The molecule has 0 saturated heterocycles. The number of rotatable bonds is 22. The van der Waals surface area contributed by atoms with Crippen LogP contribution in [0.4, 0.5) is 0 Å². The molecule has 0 radical (unpaired) electrons. The van der Waals surface area contributed by atoms with Gasteiger partial charge in [0.25, 0.3) is 0 Å². The van der Waals surface area contributed by atoms with Crippen LogP contribution >= 0.6 is 0 Å². The van der Waals surface area contributed by atoms with Crippen LogP contribution in [0.15, 0.2) is 0 Å². The molecule has 0 aromatic heterocycles. The maximum Gasteiger partial charge on any atom is 0.305 e. The lowest BCUT2D eigenvalue weighted by atomic mass is 10.0. The molecule has 0 aromatic rings. The van der Waals surface area contributed by atoms with Crippen molar-refractivity contribution in [1.29, 1.82) is 0 Å². The summed E-state index contributed by atoms with van der Waals surface area (Å²) in [5, 5.41) is 0. The fourth-order valence-corrected chi connectivity index (χ4v) is 3.64. The van der Waals surface area contributed by atoms with E-state index in [1.54, 1.807) is 0 Å². The molecule has 30 heavy (non-hydrogen) atoms. The van der Waals surface area contributed by atoms with E-state index in [1.807, 2.05) is 0 Å². The van der Waals surface area contributed by atoms with Gasteiger partial charge in [-0.2, -0.15) is 0 Å². The molecule has 178 valence electrons. The van der Waals surface area contributed by atoms with Crippen LogP contribution in [0, 0.1) is 5.92 Å². The fourth-order valence-electron chi connectivity index (χ4n) is 3.64. The summed E-state index contributed by atoms with van der Waals surface area (Å²) in [6.45, 7) is 7.47. The monoisotopic (exact) mass is 426 g/mol. The molecule has 0 bridgehead atoms. The van der Waals surface area contributed by atoms with Crippen LogP contribution in [0.5, 0.6) is 0 Å². The van der Waals surface area contributed by atoms with Gasteiger partial charge in [-0.3, -0.25) is 9.59 Å². The molecule has 0 aliphatic carbocycles. The predicted molar refractivity (Wildman–Crippen MR) is 126 cm³/mol. The van der Waals surface area contributed by atoms with E-state index in [4.69, 9.17) is 9.47 Å². The number of ether oxygens (including phenoxy) is 2. The molecular weight excluding hydrogens is 376 g/mol. The molecule has 0 rings (SSSR count). The van der Waals surface area contributed by atoms with Crippen LogP contribution < -0.4 is 0 Å². The third-order valence-electron chi connectivity index (χ3n) is 5.58. The van der Waals surface area contributed by atoms with E-state index < -0.39 is 0 Å². The Bertz CT molecular complexity index is 394. The quantitative estimate of drug-likeness (QED) is 0.131. The number of esters is 2. The first-order chi connectivity index (χ1) is 14.6. The van der Waals surface area contributed by atoms with Gasteiger partial charge in [-0.05, 0) is 25.2 Å². The van der Waals surface area contributed by atoms with Gasteiger partial charge >= 0.3 is 11.9 Å². The first kappa shape index (κ1) is 28.9. The Kier molecular flexibility index (Phi) is 21.8. The highest BCUT2D eigenvalue weighted by molar-refractivity contribution is 5.72. The summed E-state index contributed by atoms with van der Waals surface area (Å²) < 4.78 is 10.5.